The number of nitrogens with one attached hydrogen (secondary N) is 1. The molecule has 1 N–H and O–H groups in total. The van der Waals surface area contributed by atoms with Crippen LogP contribution in [-0.4, -0.2) is 49.6 Å². The van der Waals surface area contributed by atoms with E-state index in [0.29, 0.717) is 24.0 Å². The molecular weight excluding hydrogens is 454 g/mol. The topological polar surface area (TPSA) is 106 Å². The van der Waals surface area contributed by atoms with Crippen LogP contribution in [0, 0.1) is 12.8 Å². The predicted molar refractivity (Wildman–Crippen MR) is 139 cm³/mol. The molecule has 0 saturated heterocycles. The fourth-order valence-corrected chi connectivity index (χ4v) is 3.85. The number of benzene rings is 2. The van der Waals surface area contributed by atoms with E-state index in [-0.39, 0.29) is 18.4 Å². The van der Waals surface area contributed by atoms with E-state index in [0.717, 1.165) is 28.5 Å². The Balaban J connectivity index is 1.59. The third-order valence-corrected chi connectivity index (χ3v) is 5.95. The number of carbonyl (C=O) groups excluding carboxylic acids is 2. The third kappa shape index (κ3) is 5.91. The van der Waals surface area contributed by atoms with Gasteiger partial charge in [-0.25, -0.2) is 0 Å². The molecule has 0 aliphatic carbocycles. The molecule has 36 heavy (non-hydrogen) atoms. The number of amides is 2. The van der Waals surface area contributed by atoms with Gasteiger partial charge >= 0.3 is 0 Å². The molecule has 2 aromatic carbocycles. The van der Waals surface area contributed by atoms with Gasteiger partial charge in [0.05, 0.1) is 17.4 Å². The molecule has 1 unspecified atom stereocenters. The number of pyridine rings is 1. The summed E-state index contributed by atoms with van der Waals surface area (Å²) in [5, 5.41) is 16.4. The molecular formula is C27H31N7O2. The van der Waals surface area contributed by atoms with E-state index in [9.17, 15) is 9.59 Å². The van der Waals surface area contributed by atoms with Gasteiger partial charge in [0.1, 0.15) is 12.6 Å². The lowest BCUT2D eigenvalue weighted by Crippen LogP contribution is -2.49. The van der Waals surface area contributed by atoms with Gasteiger partial charge in [0.25, 0.3) is 5.91 Å². The van der Waals surface area contributed by atoms with Gasteiger partial charge in [-0.15, -0.1) is 10.2 Å². The fraction of sp³-hybridized carbons (Fsp3) is 0.333. The summed E-state index contributed by atoms with van der Waals surface area (Å²) >= 11 is 0. The molecule has 2 amide bonds. The van der Waals surface area contributed by atoms with Crippen LogP contribution in [0.25, 0.3) is 22.3 Å². The van der Waals surface area contributed by atoms with Gasteiger partial charge < -0.3 is 5.32 Å². The maximum atomic E-state index is 13.6. The molecule has 0 bridgehead atoms. The van der Waals surface area contributed by atoms with E-state index in [2.05, 4.69) is 39.6 Å². The van der Waals surface area contributed by atoms with Crippen molar-refractivity contribution >= 4 is 28.4 Å². The molecule has 186 valence electrons. The zero-order valence-corrected chi connectivity index (χ0v) is 21.0. The highest BCUT2D eigenvalue weighted by molar-refractivity contribution is 6.01. The van der Waals surface area contributed by atoms with Gasteiger partial charge in [-0.2, -0.15) is 4.80 Å². The second kappa shape index (κ2) is 11.1. The molecule has 0 aliphatic heterocycles. The molecule has 0 radical (unpaired) electrons. The van der Waals surface area contributed by atoms with Crippen molar-refractivity contribution in [2.45, 2.75) is 46.7 Å². The molecule has 9 nitrogen and oxygen atoms in total. The Labute approximate surface area is 210 Å². The Morgan fingerprint density at radius 2 is 1.81 bits per heavy atom. The number of hydrogen-bond donors (Lipinski definition) is 1. The Kier molecular flexibility index (Phi) is 7.68. The summed E-state index contributed by atoms with van der Waals surface area (Å²) < 4.78 is 0. The van der Waals surface area contributed by atoms with Crippen molar-refractivity contribution < 1.29 is 9.59 Å². The lowest BCUT2D eigenvalue weighted by molar-refractivity contribution is -0.126. The van der Waals surface area contributed by atoms with Crippen LogP contribution >= 0.6 is 0 Å². The Bertz CT molecular complexity index is 1350. The van der Waals surface area contributed by atoms with Crippen molar-refractivity contribution in [3.8, 4) is 11.4 Å². The van der Waals surface area contributed by atoms with E-state index >= 15 is 0 Å². The highest BCUT2D eigenvalue weighted by Crippen LogP contribution is 2.23. The van der Waals surface area contributed by atoms with Gasteiger partial charge in [0, 0.05) is 17.5 Å². The molecule has 0 saturated carbocycles. The monoisotopic (exact) mass is 485 g/mol. The SMILES string of the molecule is Cc1ccc(-c2nnn(CC(=O)N(c3cnc4ccccc4c3)C(C)C(=O)NCCC(C)C)n2)cc1. The first-order chi connectivity index (χ1) is 17.3. The van der Waals surface area contributed by atoms with Crippen LogP contribution in [0.2, 0.25) is 0 Å². The molecule has 0 aliphatic rings. The maximum absolute atomic E-state index is 13.6. The molecule has 4 rings (SSSR count). The summed E-state index contributed by atoms with van der Waals surface area (Å²) in [5.74, 6) is 0.320. The Morgan fingerprint density at radius 3 is 2.56 bits per heavy atom. The third-order valence-electron chi connectivity index (χ3n) is 5.95. The molecule has 9 heteroatoms. The van der Waals surface area contributed by atoms with Crippen molar-refractivity contribution in [3.05, 3.63) is 66.4 Å². The first kappa shape index (κ1) is 25.0. The second-order valence-electron chi connectivity index (χ2n) is 9.31. The van der Waals surface area contributed by atoms with Gasteiger partial charge in [0.2, 0.25) is 11.7 Å². The van der Waals surface area contributed by atoms with Crippen LogP contribution in [-0.2, 0) is 16.1 Å². The number of fused-ring (bicyclic) bond motifs is 1. The van der Waals surface area contributed by atoms with E-state index in [1.165, 1.54) is 9.70 Å². The van der Waals surface area contributed by atoms with Crippen molar-refractivity contribution in [2.24, 2.45) is 5.92 Å². The number of hydrogen-bond acceptors (Lipinski definition) is 6. The van der Waals surface area contributed by atoms with Crippen LogP contribution in [0.4, 0.5) is 5.69 Å². The lowest BCUT2D eigenvalue weighted by Gasteiger charge is -2.28. The average molecular weight is 486 g/mol. The number of para-hydroxylation sites is 1. The van der Waals surface area contributed by atoms with Crippen LogP contribution in [0.3, 0.4) is 0 Å². The highest BCUT2D eigenvalue weighted by atomic mass is 16.2. The molecule has 0 spiro atoms. The summed E-state index contributed by atoms with van der Waals surface area (Å²) in [6.07, 6.45) is 2.47. The largest absolute Gasteiger partial charge is 0.354 e. The number of aryl methyl sites for hydroxylation is 1. The number of carbonyl (C=O) groups is 2. The zero-order valence-electron chi connectivity index (χ0n) is 21.0. The van der Waals surface area contributed by atoms with Crippen LogP contribution in [0.1, 0.15) is 32.8 Å². The summed E-state index contributed by atoms with van der Waals surface area (Å²) in [6.45, 7) is 8.29. The van der Waals surface area contributed by atoms with E-state index in [1.54, 1.807) is 13.1 Å². The standard InChI is InChI=1S/C27H31N7O2/c1-18(2)13-14-28-27(36)20(4)34(23-15-22-7-5-6-8-24(22)29-16-23)25(35)17-33-31-26(30-32-33)21-11-9-19(3)10-12-21/h5-12,15-16,18,20H,13-14,17H2,1-4H3,(H,28,36). The highest BCUT2D eigenvalue weighted by Gasteiger charge is 2.28. The molecule has 2 heterocycles. The van der Waals surface area contributed by atoms with Gasteiger partial charge in [-0.05, 0) is 43.5 Å². The van der Waals surface area contributed by atoms with E-state index in [4.69, 9.17) is 0 Å². The van der Waals surface area contributed by atoms with Gasteiger partial charge in [-0.3, -0.25) is 19.5 Å². The summed E-state index contributed by atoms with van der Waals surface area (Å²) in [6, 6.07) is 16.5. The van der Waals surface area contributed by atoms with Gasteiger partial charge in [0.15, 0.2) is 0 Å². The summed E-state index contributed by atoms with van der Waals surface area (Å²) in [5.41, 5.74) is 3.28. The quantitative estimate of drug-likeness (QED) is 0.387. The Hall–Kier alpha value is -4.14. The zero-order chi connectivity index (χ0) is 25.7. The number of tetrazole rings is 1. The molecule has 0 fully saturated rings. The van der Waals surface area contributed by atoms with Crippen LogP contribution < -0.4 is 10.2 Å². The minimum atomic E-state index is -0.757. The van der Waals surface area contributed by atoms with Crippen LogP contribution in [0.15, 0.2) is 60.8 Å². The van der Waals surface area contributed by atoms with E-state index in [1.807, 2.05) is 61.5 Å². The fourth-order valence-electron chi connectivity index (χ4n) is 3.85. The average Bonchev–Trinajstić information content (AvgIpc) is 3.32. The Morgan fingerprint density at radius 1 is 1.06 bits per heavy atom. The number of nitrogens with zero attached hydrogens (tertiary/aromatic N) is 6. The van der Waals surface area contributed by atoms with Gasteiger partial charge in [-0.1, -0.05) is 61.9 Å². The normalized spacial score (nSPS) is 12.0. The first-order valence-corrected chi connectivity index (χ1v) is 12.1. The molecule has 1 atom stereocenters. The summed E-state index contributed by atoms with van der Waals surface area (Å²) in [4.78, 5) is 33.8. The first-order valence-electron chi connectivity index (χ1n) is 12.1. The minimum absolute atomic E-state index is 0.171. The lowest BCUT2D eigenvalue weighted by atomic mass is 10.1. The van der Waals surface area contributed by atoms with Crippen molar-refractivity contribution in [1.82, 2.24) is 30.5 Å². The second-order valence-corrected chi connectivity index (χ2v) is 9.31. The van der Waals surface area contributed by atoms with Crippen molar-refractivity contribution in [1.29, 1.82) is 0 Å². The maximum Gasteiger partial charge on any atom is 0.251 e. The number of rotatable bonds is 9. The molecule has 2 aromatic heterocycles. The summed E-state index contributed by atoms with van der Waals surface area (Å²) in [7, 11) is 0. The van der Waals surface area contributed by atoms with Crippen molar-refractivity contribution in [2.75, 3.05) is 11.4 Å². The number of anilines is 1. The van der Waals surface area contributed by atoms with Crippen LogP contribution in [0.5, 0.6) is 0 Å². The predicted octanol–water partition coefficient (Wildman–Crippen LogP) is 3.78. The molecule has 4 aromatic rings. The minimum Gasteiger partial charge on any atom is -0.354 e. The number of aromatic nitrogens is 5. The van der Waals surface area contributed by atoms with Crippen molar-refractivity contribution in [3.63, 3.8) is 0 Å². The smallest absolute Gasteiger partial charge is 0.251 e. The van der Waals surface area contributed by atoms with E-state index < -0.39 is 6.04 Å².